The van der Waals surface area contributed by atoms with Crippen molar-refractivity contribution in [3.63, 3.8) is 0 Å². The van der Waals surface area contributed by atoms with Crippen molar-refractivity contribution in [2.24, 2.45) is 0 Å². The molecule has 1 amide bonds. The summed E-state index contributed by atoms with van der Waals surface area (Å²) in [6.45, 7) is 3.02. The van der Waals surface area contributed by atoms with E-state index in [0.29, 0.717) is 47.8 Å². The number of amides is 1. The largest absolute Gasteiger partial charge is 0.462 e. The number of pyridine rings is 1. The molecule has 0 N–H and O–H groups in total. The lowest BCUT2D eigenvalue weighted by atomic mass is 9.90. The zero-order valence-electron chi connectivity index (χ0n) is 15.0. The minimum Gasteiger partial charge on any atom is -0.462 e. The van der Waals surface area contributed by atoms with Crippen LogP contribution in [-0.4, -0.2) is 41.5 Å². The molecule has 3 rings (SSSR count). The molecule has 0 atom stereocenters. The van der Waals surface area contributed by atoms with Crippen LogP contribution in [0.25, 0.3) is 0 Å². The molecule has 142 valence electrons. The first-order valence-electron chi connectivity index (χ1n) is 8.87. The van der Waals surface area contributed by atoms with Crippen LogP contribution in [0.5, 0.6) is 0 Å². The normalized spacial score (nSPS) is 14.9. The quantitative estimate of drug-likeness (QED) is 0.738. The highest BCUT2D eigenvalue weighted by Crippen LogP contribution is 2.31. The van der Waals surface area contributed by atoms with Gasteiger partial charge in [0.1, 0.15) is 5.82 Å². The third kappa shape index (κ3) is 4.45. The summed E-state index contributed by atoms with van der Waals surface area (Å²) < 4.78 is 18.5. The van der Waals surface area contributed by atoms with Gasteiger partial charge in [0.2, 0.25) is 0 Å². The van der Waals surface area contributed by atoms with Crippen molar-refractivity contribution in [3.8, 4) is 0 Å². The lowest BCUT2D eigenvalue weighted by Crippen LogP contribution is -2.38. The van der Waals surface area contributed by atoms with Crippen molar-refractivity contribution < 1.29 is 18.7 Å². The molecule has 2 aromatic rings. The molecule has 2 heterocycles. The summed E-state index contributed by atoms with van der Waals surface area (Å²) in [4.78, 5) is 30.8. The topological polar surface area (TPSA) is 59.5 Å². The Morgan fingerprint density at radius 3 is 2.70 bits per heavy atom. The maximum Gasteiger partial charge on any atom is 0.340 e. The summed E-state index contributed by atoms with van der Waals surface area (Å²) in [6, 6.07) is 7.27. The second kappa shape index (κ2) is 8.48. The van der Waals surface area contributed by atoms with Crippen molar-refractivity contribution in [1.82, 2.24) is 9.88 Å². The smallest absolute Gasteiger partial charge is 0.340 e. The van der Waals surface area contributed by atoms with E-state index in [-0.39, 0.29) is 18.4 Å². The fourth-order valence-electron chi connectivity index (χ4n) is 3.31. The van der Waals surface area contributed by atoms with E-state index in [0.717, 1.165) is 0 Å². The number of hydrogen-bond donors (Lipinski definition) is 0. The maximum absolute atomic E-state index is 13.4. The summed E-state index contributed by atoms with van der Waals surface area (Å²) in [7, 11) is 0. The monoisotopic (exact) mass is 390 g/mol. The average molecular weight is 391 g/mol. The Hall–Kier alpha value is -2.47. The first-order chi connectivity index (χ1) is 13.0. The van der Waals surface area contributed by atoms with E-state index in [1.165, 1.54) is 24.4 Å². The molecule has 0 bridgehead atoms. The first-order valence-corrected chi connectivity index (χ1v) is 9.24. The predicted molar refractivity (Wildman–Crippen MR) is 99.5 cm³/mol. The van der Waals surface area contributed by atoms with E-state index in [1.807, 2.05) is 0 Å². The summed E-state index contributed by atoms with van der Waals surface area (Å²) in [5.74, 6) is -1.04. The molecule has 1 aliphatic heterocycles. The predicted octanol–water partition coefficient (Wildman–Crippen LogP) is 4.07. The highest BCUT2D eigenvalue weighted by atomic mass is 35.5. The number of ether oxygens (including phenoxy) is 1. The number of halogens is 2. The summed E-state index contributed by atoms with van der Waals surface area (Å²) in [6.07, 6.45) is 2.83. The van der Waals surface area contributed by atoms with E-state index >= 15 is 0 Å². The number of carbonyl (C=O) groups excluding carboxylic acids is 2. The number of piperidine rings is 1. The lowest BCUT2D eigenvalue weighted by molar-refractivity contribution is 0.0521. The molecular weight excluding hydrogens is 371 g/mol. The third-order valence-electron chi connectivity index (χ3n) is 4.62. The van der Waals surface area contributed by atoms with Crippen LogP contribution >= 0.6 is 11.6 Å². The van der Waals surface area contributed by atoms with Crippen LogP contribution in [0.2, 0.25) is 5.02 Å². The Morgan fingerprint density at radius 1 is 1.30 bits per heavy atom. The highest BCUT2D eigenvalue weighted by Gasteiger charge is 2.28. The lowest BCUT2D eigenvalue weighted by Gasteiger charge is -2.32. The Kier molecular flexibility index (Phi) is 6.06. The van der Waals surface area contributed by atoms with E-state index in [2.05, 4.69) is 4.98 Å². The summed E-state index contributed by atoms with van der Waals surface area (Å²) >= 11 is 5.99. The van der Waals surface area contributed by atoms with Gasteiger partial charge in [-0.05, 0) is 44.0 Å². The molecule has 0 unspecified atom stereocenters. The van der Waals surface area contributed by atoms with Crippen molar-refractivity contribution in [2.75, 3.05) is 19.7 Å². The minimum atomic E-state index is -0.444. The van der Waals surface area contributed by atoms with Gasteiger partial charge in [0, 0.05) is 30.8 Å². The molecule has 27 heavy (non-hydrogen) atoms. The number of rotatable bonds is 4. The number of nitrogens with zero attached hydrogens (tertiary/aromatic N) is 2. The van der Waals surface area contributed by atoms with Gasteiger partial charge in [-0.1, -0.05) is 17.7 Å². The third-order valence-corrected chi connectivity index (χ3v) is 4.83. The standard InChI is InChI=1S/C20H20ClFN2O3/c1-2-27-20(26)17-11-15(21)12-23-18(17)13-6-8-24(9-7-13)19(25)14-4-3-5-16(22)10-14/h3-5,10-13H,2,6-9H2,1H3. The van der Waals surface area contributed by atoms with Gasteiger partial charge >= 0.3 is 5.97 Å². The zero-order chi connectivity index (χ0) is 19.4. The fraction of sp³-hybridized carbons (Fsp3) is 0.350. The van der Waals surface area contributed by atoms with Crippen molar-refractivity contribution in [1.29, 1.82) is 0 Å². The SMILES string of the molecule is CCOC(=O)c1cc(Cl)cnc1C1CCN(C(=O)c2cccc(F)c2)CC1. The van der Waals surface area contributed by atoms with Crippen molar-refractivity contribution >= 4 is 23.5 Å². The Balaban J connectivity index is 1.72. The molecule has 7 heteroatoms. The molecule has 1 aliphatic rings. The second-order valence-electron chi connectivity index (χ2n) is 6.38. The van der Waals surface area contributed by atoms with Crippen LogP contribution in [0.3, 0.4) is 0 Å². The van der Waals surface area contributed by atoms with Gasteiger partial charge in [-0.2, -0.15) is 0 Å². The van der Waals surface area contributed by atoms with Crippen LogP contribution in [0, 0.1) is 5.82 Å². The number of esters is 1. The molecule has 1 fully saturated rings. The van der Waals surface area contributed by atoms with Gasteiger partial charge in [-0.25, -0.2) is 9.18 Å². The van der Waals surface area contributed by atoms with E-state index in [1.54, 1.807) is 24.0 Å². The molecule has 5 nitrogen and oxygen atoms in total. The van der Waals surface area contributed by atoms with Crippen LogP contribution in [-0.2, 0) is 4.74 Å². The van der Waals surface area contributed by atoms with E-state index in [4.69, 9.17) is 16.3 Å². The summed E-state index contributed by atoms with van der Waals surface area (Å²) in [5.41, 5.74) is 1.36. The molecular formula is C20H20ClFN2O3. The van der Waals surface area contributed by atoms with Gasteiger partial charge in [-0.15, -0.1) is 0 Å². The van der Waals surface area contributed by atoms with Crippen LogP contribution in [0.1, 0.15) is 52.1 Å². The molecule has 0 aliphatic carbocycles. The van der Waals surface area contributed by atoms with Crippen LogP contribution < -0.4 is 0 Å². The van der Waals surface area contributed by atoms with Gasteiger partial charge in [0.05, 0.1) is 22.9 Å². The Morgan fingerprint density at radius 2 is 2.04 bits per heavy atom. The number of benzene rings is 1. The summed E-state index contributed by atoms with van der Waals surface area (Å²) in [5, 5.41) is 0.375. The molecule has 1 aromatic heterocycles. The van der Waals surface area contributed by atoms with Crippen LogP contribution in [0.4, 0.5) is 4.39 Å². The average Bonchev–Trinajstić information content (AvgIpc) is 2.68. The fourth-order valence-corrected chi connectivity index (χ4v) is 3.47. The second-order valence-corrected chi connectivity index (χ2v) is 6.82. The molecule has 1 saturated heterocycles. The zero-order valence-corrected chi connectivity index (χ0v) is 15.7. The van der Waals surface area contributed by atoms with Crippen molar-refractivity contribution in [3.05, 3.63) is 64.2 Å². The highest BCUT2D eigenvalue weighted by molar-refractivity contribution is 6.30. The molecule has 1 aromatic carbocycles. The Labute approximate surface area is 162 Å². The van der Waals surface area contributed by atoms with E-state index < -0.39 is 11.8 Å². The van der Waals surface area contributed by atoms with E-state index in [9.17, 15) is 14.0 Å². The molecule has 0 spiro atoms. The number of likely N-dealkylation sites (tertiary alicyclic amines) is 1. The molecule has 0 radical (unpaired) electrons. The maximum atomic E-state index is 13.4. The number of hydrogen-bond acceptors (Lipinski definition) is 4. The number of aromatic nitrogens is 1. The Bertz CT molecular complexity index is 851. The number of carbonyl (C=O) groups is 2. The van der Waals surface area contributed by atoms with Gasteiger partial charge in [-0.3, -0.25) is 9.78 Å². The minimum absolute atomic E-state index is 0.0261. The molecule has 0 saturated carbocycles. The van der Waals surface area contributed by atoms with Gasteiger partial charge in [0.15, 0.2) is 0 Å². The van der Waals surface area contributed by atoms with Crippen LogP contribution in [0.15, 0.2) is 36.5 Å². The van der Waals surface area contributed by atoms with Gasteiger partial charge in [0.25, 0.3) is 5.91 Å². The van der Waals surface area contributed by atoms with Gasteiger partial charge < -0.3 is 9.64 Å². The first kappa shape index (κ1) is 19.3. The van der Waals surface area contributed by atoms with Crippen molar-refractivity contribution in [2.45, 2.75) is 25.7 Å².